The summed E-state index contributed by atoms with van der Waals surface area (Å²) in [5.74, 6) is 0.904. The second kappa shape index (κ2) is 7.64. The van der Waals surface area contributed by atoms with E-state index in [1.807, 2.05) is 27.3 Å². The summed E-state index contributed by atoms with van der Waals surface area (Å²) in [6.45, 7) is 9.40. The third-order valence-corrected chi connectivity index (χ3v) is 8.19. The van der Waals surface area contributed by atoms with Gasteiger partial charge in [0.25, 0.3) is 11.8 Å². The van der Waals surface area contributed by atoms with Crippen molar-refractivity contribution in [2.45, 2.75) is 40.0 Å². The van der Waals surface area contributed by atoms with Gasteiger partial charge in [-0.25, -0.2) is 0 Å². The number of carbonyl (C=O) groups excluding carboxylic acids is 2. The van der Waals surface area contributed by atoms with Gasteiger partial charge in [0, 0.05) is 31.1 Å². The number of rotatable bonds is 2. The molecule has 1 atom stereocenters. The van der Waals surface area contributed by atoms with E-state index in [0.717, 1.165) is 22.6 Å². The molecule has 2 amide bonds. The van der Waals surface area contributed by atoms with Crippen LogP contribution in [0.3, 0.4) is 0 Å². The Balaban J connectivity index is 1.39. The Bertz CT molecular complexity index is 856. The van der Waals surface area contributed by atoms with E-state index in [4.69, 9.17) is 0 Å². The van der Waals surface area contributed by atoms with E-state index in [-0.39, 0.29) is 11.8 Å². The lowest BCUT2D eigenvalue weighted by Gasteiger charge is -2.34. The molecule has 3 heterocycles. The molecule has 4 rings (SSSR count). The molecule has 1 saturated heterocycles. The quantitative estimate of drug-likeness (QED) is 0.720. The molecule has 0 bridgehead atoms. The number of nitrogens with zero attached hydrogens (tertiary/aromatic N) is 2. The van der Waals surface area contributed by atoms with Crippen LogP contribution in [0.2, 0.25) is 0 Å². The number of fused-ring (bicyclic) bond motifs is 1. The molecule has 1 fully saturated rings. The van der Waals surface area contributed by atoms with Crippen LogP contribution in [-0.2, 0) is 12.8 Å². The van der Waals surface area contributed by atoms with Gasteiger partial charge in [-0.2, -0.15) is 0 Å². The Kier molecular flexibility index (Phi) is 5.36. The van der Waals surface area contributed by atoms with Gasteiger partial charge in [0.2, 0.25) is 0 Å². The zero-order valence-corrected chi connectivity index (χ0v) is 18.5. The average Bonchev–Trinajstić information content (AvgIpc) is 3.35. The SMILES string of the molecule is CC(C)(C)[C@@H]1CCc2sc(C(=O)N3CCN(C(=O)c4cccs4)CC3)cc2C1. The van der Waals surface area contributed by atoms with Gasteiger partial charge in [0.1, 0.15) is 0 Å². The molecule has 2 aromatic rings. The van der Waals surface area contributed by atoms with Crippen molar-refractivity contribution < 1.29 is 9.59 Å². The highest BCUT2D eigenvalue weighted by atomic mass is 32.1. The molecule has 0 saturated carbocycles. The van der Waals surface area contributed by atoms with Crippen LogP contribution in [0.5, 0.6) is 0 Å². The molecular weight excluding hydrogens is 388 g/mol. The smallest absolute Gasteiger partial charge is 0.264 e. The summed E-state index contributed by atoms with van der Waals surface area (Å²) in [6.07, 6.45) is 3.40. The monoisotopic (exact) mass is 416 g/mol. The second-order valence-electron chi connectivity index (χ2n) is 8.93. The molecule has 1 aliphatic carbocycles. The van der Waals surface area contributed by atoms with Crippen molar-refractivity contribution in [2.75, 3.05) is 26.2 Å². The van der Waals surface area contributed by atoms with Crippen LogP contribution in [0.1, 0.15) is 57.0 Å². The first kappa shape index (κ1) is 19.6. The minimum Gasteiger partial charge on any atom is -0.334 e. The van der Waals surface area contributed by atoms with E-state index in [1.54, 1.807) is 11.3 Å². The number of aryl methyl sites for hydroxylation is 1. The zero-order chi connectivity index (χ0) is 19.9. The number of amides is 2. The van der Waals surface area contributed by atoms with Gasteiger partial charge in [-0.15, -0.1) is 22.7 Å². The van der Waals surface area contributed by atoms with Crippen molar-refractivity contribution in [3.05, 3.63) is 43.8 Å². The predicted octanol–water partition coefficient (Wildman–Crippen LogP) is 4.56. The molecular formula is C22H28N2O2S2. The maximum absolute atomic E-state index is 13.0. The summed E-state index contributed by atoms with van der Waals surface area (Å²) in [6, 6.07) is 5.91. The molecule has 0 radical (unpaired) electrons. The fourth-order valence-corrected chi connectivity index (χ4v) is 6.06. The summed E-state index contributed by atoms with van der Waals surface area (Å²) < 4.78 is 0. The van der Waals surface area contributed by atoms with Crippen molar-refractivity contribution in [3.63, 3.8) is 0 Å². The first-order valence-electron chi connectivity index (χ1n) is 10.1. The lowest BCUT2D eigenvalue weighted by atomic mass is 9.72. The third-order valence-electron chi connectivity index (χ3n) is 6.10. The summed E-state index contributed by atoms with van der Waals surface area (Å²) in [4.78, 5) is 32.3. The van der Waals surface area contributed by atoms with Crippen molar-refractivity contribution in [3.8, 4) is 0 Å². The summed E-state index contributed by atoms with van der Waals surface area (Å²) >= 11 is 3.16. The van der Waals surface area contributed by atoms with E-state index in [2.05, 4.69) is 26.8 Å². The lowest BCUT2D eigenvalue weighted by Crippen LogP contribution is -2.50. The van der Waals surface area contributed by atoms with Crippen molar-refractivity contribution in [2.24, 2.45) is 11.3 Å². The summed E-state index contributed by atoms with van der Waals surface area (Å²) in [5, 5.41) is 1.93. The maximum Gasteiger partial charge on any atom is 0.264 e. The predicted molar refractivity (Wildman–Crippen MR) is 115 cm³/mol. The van der Waals surface area contributed by atoms with Crippen molar-refractivity contribution >= 4 is 34.5 Å². The van der Waals surface area contributed by atoms with E-state index in [9.17, 15) is 9.59 Å². The van der Waals surface area contributed by atoms with E-state index in [0.29, 0.717) is 37.5 Å². The standard InChI is InChI=1S/C22H28N2O2S2/c1-22(2,3)16-6-7-17-15(13-16)14-19(28-17)21(26)24-10-8-23(9-11-24)20(25)18-5-4-12-27-18/h4-5,12,14,16H,6-11,13H2,1-3H3/t16-/m1/s1. The normalized spacial score (nSPS) is 20.2. The Morgan fingerprint density at radius 1 is 1.04 bits per heavy atom. The Labute approximate surface area is 175 Å². The highest BCUT2D eigenvalue weighted by molar-refractivity contribution is 7.14. The second-order valence-corrected chi connectivity index (χ2v) is 11.0. The highest BCUT2D eigenvalue weighted by Crippen LogP contribution is 2.40. The first-order valence-corrected chi connectivity index (χ1v) is 11.8. The molecule has 0 spiro atoms. The fraction of sp³-hybridized carbons (Fsp3) is 0.545. The van der Waals surface area contributed by atoms with Gasteiger partial charge >= 0.3 is 0 Å². The molecule has 6 heteroatoms. The largest absolute Gasteiger partial charge is 0.334 e. The first-order chi connectivity index (χ1) is 13.3. The van der Waals surface area contributed by atoms with E-state index in [1.165, 1.54) is 28.2 Å². The minimum absolute atomic E-state index is 0.0851. The van der Waals surface area contributed by atoms with Gasteiger partial charge in [0.15, 0.2) is 0 Å². The Morgan fingerprint density at radius 3 is 2.25 bits per heavy atom. The Hall–Kier alpha value is -1.66. The van der Waals surface area contributed by atoms with Crippen molar-refractivity contribution in [1.82, 2.24) is 9.80 Å². The van der Waals surface area contributed by atoms with Gasteiger partial charge in [0.05, 0.1) is 9.75 Å². The molecule has 28 heavy (non-hydrogen) atoms. The summed E-state index contributed by atoms with van der Waals surface area (Å²) in [7, 11) is 0. The number of hydrogen-bond acceptors (Lipinski definition) is 4. The van der Waals surface area contributed by atoms with E-state index < -0.39 is 0 Å². The highest BCUT2D eigenvalue weighted by Gasteiger charge is 2.32. The molecule has 1 aliphatic heterocycles. The molecule has 2 aliphatic rings. The van der Waals surface area contributed by atoms with Crippen LogP contribution >= 0.6 is 22.7 Å². The van der Waals surface area contributed by atoms with Crippen LogP contribution in [0.15, 0.2) is 23.6 Å². The van der Waals surface area contributed by atoms with Gasteiger partial charge in [-0.3, -0.25) is 9.59 Å². The zero-order valence-electron chi connectivity index (χ0n) is 16.9. The lowest BCUT2D eigenvalue weighted by molar-refractivity contribution is 0.0540. The van der Waals surface area contributed by atoms with Crippen LogP contribution in [0.4, 0.5) is 0 Å². The maximum atomic E-state index is 13.0. The molecule has 2 aromatic heterocycles. The van der Waals surface area contributed by atoms with E-state index >= 15 is 0 Å². The Morgan fingerprint density at radius 2 is 1.68 bits per heavy atom. The van der Waals surface area contributed by atoms with Gasteiger partial charge in [-0.1, -0.05) is 26.8 Å². The van der Waals surface area contributed by atoms with Gasteiger partial charge < -0.3 is 9.80 Å². The average molecular weight is 417 g/mol. The van der Waals surface area contributed by atoms with Crippen LogP contribution in [0, 0.1) is 11.3 Å². The summed E-state index contributed by atoms with van der Waals surface area (Å²) in [5.41, 5.74) is 1.70. The van der Waals surface area contributed by atoms with Crippen LogP contribution in [0.25, 0.3) is 0 Å². The van der Waals surface area contributed by atoms with Gasteiger partial charge in [-0.05, 0) is 53.7 Å². The molecule has 4 nitrogen and oxygen atoms in total. The number of hydrogen-bond donors (Lipinski definition) is 0. The minimum atomic E-state index is 0.0851. The third kappa shape index (κ3) is 3.90. The topological polar surface area (TPSA) is 40.6 Å². The van der Waals surface area contributed by atoms with Crippen LogP contribution in [-0.4, -0.2) is 47.8 Å². The van der Waals surface area contributed by atoms with Crippen molar-refractivity contribution in [1.29, 1.82) is 0 Å². The number of piperazine rings is 1. The fourth-order valence-electron chi connectivity index (χ4n) is 4.19. The number of carbonyl (C=O) groups is 2. The molecule has 0 N–H and O–H groups in total. The van der Waals surface area contributed by atoms with Crippen LogP contribution < -0.4 is 0 Å². The number of thiophene rings is 2. The molecule has 0 unspecified atom stereocenters. The molecule has 0 aromatic carbocycles. The molecule has 150 valence electrons.